The lowest BCUT2D eigenvalue weighted by Crippen LogP contribution is -2.35. The molecule has 0 atom stereocenters. The average Bonchev–Trinajstić information content (AvgIpc) is 2.39. The van der Waals surface area contributed by atoms with Crippen molar-refractivity contribution in [1.82, 2.24) is 0 Å². The highest BCUT2D eigenvalue weighted by Crippen LogP contribution is 2.10. The van der Waals surface area contributed by atoms with Gasteiger partial charge in [-0.1, -0.05) is 58.3 Å². The lowest BCUT2D eigenvalue weighted by Gasteiger charge is -2.23. The Kier molecular flexibility index (Phi) is 16.6. The number of nitrogens with zero attached hydrogens (tertiary/aromatic N) is 1. The van der Waals surface area contributed by atoms with Gasteiger partial charge in [-0.25, -0.2) is 0 Å². The number of carbonyl (C=O) groups is 2. The zero-order chi connectivity index (χ0) is 18.1. The van der Waals surface area contributed by atoms with Crippen LogP contribution >= 0.6 is 0 Å². The van der Waals surface area contributed by atoms with Gasteiger partial charge in [-0.2, -0.15) is 0 Å². The van der Waals surface area contributed by atoms with Crippen molar-refractivity contribution in [3.05, 3.63) is 0 Å². The molecule has 0 aliphatic rings. The summed E-state index contributed by atoms with van der Waals surface area (Å²) in [6, 6.07) is 0. The van der Waals surface area contributed by atoms with Crippen molar-refractivity contribution in [2.24, 2.45) is 0 Å². The molecule has 0 fully saturated rings. The van der Waals surface area contributed by atoms with E-state index in [1.807, 2.05) is 0 Å². The molecule has 0 aromatic heterocycles. The van der Waals surface area contributed by atoms with Gasteiger partial charge >= 0.3 is 5.97 Å². The lowest BCUT2D eigenvalue weighted by molar-refractivity contribution is -0.870. The molecule has 0 saturated heterocycles. The van der Waals surface area contributed by atoms with Gasteiger partial charge in [-0.05, 0) is 12.8 Å². The van der Waals surface area contributed by atoms with Gasteiger partial charge in [0.15, 0.2) is 0 Å². The summed E-state index contributed by atoms with van der Waals surface area (Å²) in [5.74, 6) is -2.94. The van der Waals surface area contributed by atoms with E-state index in [2.05, 4.69) is 28.1 Å². The number of carbonyl (C=O) groups excluding carboxylic acids is 1. The maximum absolute atomic E-state index is 9.39. The molecule has 0 aromatic rings. The van der Waals surface area contributed by atoms with Crippen molar-refractivity contribution in [2.45, 2.75) is 77.6 Å². The first-order valence-electron chi connectivity index (χ1n) is 8.91. The van der Waals surface area contributed by atoms with E-state index in [0.29, 0.717) is 0 Å². The first-order valence-corrected chi connectivity index (χ1v) is 8.91. The predicted molar refractivity (Wildman–Crippen MR) is 92.0 cm³/mol. The van der Waals surface area contributed by atoms with Crippen LogP contribution in [-0.4, -0.2) is 49.2 Å². The summed E-state index contributed by atoms with van der Waals surface area (Å²) in [7, 11) is 6.86. The molecule has 0 rings (SSSR count). The summed E-state index contributed by atoms with van der Waals surface area (Å²) in [5, 5.41) is 17.0. The monoisotopic (exact) mass is 331 g/mol. The van der Waals surface area contributed by atoms with E-state index in [9.17, 15) is 14.7 Å². The van der Waals surface area contributed by atoms with Gasteiger partial charge in [0.05, 0.1) is 40.1 Å². The van der Waals surface area contributed by atoms with E-state index < -0.39 is 18.4 Å². The Morgan fingerprint density at radius 1 is 0.826 bits per heavy atom. The molecule has 23 heavy (non-hydrogen) atoms. The average molecular weight is 331 g/mol. The normalized spacial score (nSPS) is 10.8. The van der Waals surface area contributed by atoms with Crippen LogP contribution in [0.25, 0.3) is 0 Å². The van der Waals surface area contributed by atoms with Gasteiger partial charge in [0.25, 0.3) is 0 Å². The molecule has 0 aromatic carbocycles. The van der Waals surface area contributed by atoms with E-state index in [1.54, 1.807) is 0 Å². The Hall–Kier alpha value is -1.10. The van der Waals surface area contributed by atoms with Crippen molar-refractivity contribution in [2.75, 3.05) is 27.7 Å². The zero-order valence-corrected chi connectivity index (χ0v) is 15.6. The van der Waals surface area contributed by atoms with Crippen molar-refractivity contribution >= 4 is 11.9 Å². The molecule has 0 radical (unpaired) electrons. The zero-order valence-electron chi connectivity index (χ0n) is 15.6. The summed E-state index contributed by atoms with van der Waals surface area (Å²) in [5.41, 5.74) is 0. The Balaban J connectivity index is 0. The quantitative estimate of drug-likeness (QED) is 0.320. The minimum Gasteiger partial charge on any atom is -0.550 e. The molecule has 0 saturated carbocycles. The Morgan fingerprint density at radius 2 is 1.22 bits per heavy atom. The van der Waals surface area contributed by atoms with Gasteiger partial charge in [0.1, 0.15) is 0 Å². The Labute approximate surface area is 142 Å². The molecule has 0 spiro atoms. The van der Waals surface area contributed by atoms with Crippen molar-refractivity contribution in [1.29, 1.82) is 0 Å². The minimum absolute atomic E-state index is 0.917. The van der Waals surface area contributed by atoms with Gasteiger partial charge in [0.2, 0.25) is 0 Å². The first kappa shape index (κ1) is 24.2. The van der Waals surface area contributed by atoms with Gasteiger partial charge < -0.3 is 19.5 Å². The third kappa shape index (κ3) is 29.5. The lowest BCUT2D eigenvalue weighted by atomic mass is 10.1. The van der Waals surface area contributed by atoms with Gasteiger partial charge in [0, 0.05) is 0 Å². The molecule has 5 heteroatoms. The van der Waals surface area contributed by atoms with Crippen molar-refractivity contribution in [3.8, 4) is 0 Å². The summed E-state index contributed by atoms with van der Waals surface area (Å²) >= 11 is 0. The van der Waals surface area contributed by atoms with Crippen LogP contribution in [0.5, 0.6) is 0 Å². The van der Waals surface area contributed by atoms with E-state index in [1.165, 1.54) is 70.8 Å². The van der Waals surface area contributed by atoms with Gasteiger partial charge in [-0.15, -0.1) is 0 Å². The molecule has 0 amide bonds. The highest BCUT2D eigenvalue weighted by Gasteiger charge is 2.04. The fourth-order valence-corrected chi connectivity index (χ4v) is 2.20. The molecular weight excluding hydrogens is 294 g/mol. The summed E-state index contributed by atoms with van der Waals surface area (Å²) in [4.78, 5) is 18.7. The SMILES string of the molecule is CCCCCCCCCCCC[N+](C)(C)C.O=C([O-])CC(=O)O. The summed E-state index contributed by atoms with van der Waals surface area (Å²) in [6.07, 6.45) is 13.5. The minimum atomic E-state index is -1.56. The number of carboxylic acid groups (broad SMARTS) is 2. The highest BCUT2D eigenvalue weighted by atomic mass is 16.4. The van der Waals surface area contributed by atoms with E-state index in [0.717, 1.165) is 4.48 Å². The molecule has 138 valence electrons. The van der Waals surface area contributed by atoms with Crippen LogP contribution in [0.1, 0.15) is 77.6 Å². The van der Waals surface area contributed by atoms with Crippen LogP contribution < -0.4 is 5.11 Å². The molecule has 0 heterocycles. The molecule has 0 bridgehead atoms. The van der Waals surface area contributed by atoms with Crippen LogP contribution in [0.15, 0.2) is 0 Å². The van der Waals surface area contributed by atoms with Crippen LogP contribution in [0, 0.1) is 0 Å². The molecule has 1 N–H and O–H groups in total. The number of hydrogen-bond donors (Lipinski definition) is 1. The topological polar surface area (TPSA) is 77.4 Å². The van der Waals surface area contributed by atoms with Crippen LogP contribution in [0.2, 0.25) is 0 Å². The molecule has 0 aliphatic carbocycles. The smallest absolute Gasteiger partial charge is 0.309 e. The number of quaternary nitrogens is 1. The van der Waals surface area contributed by atoms with E-state index in [-0.39, 0.29) is 0 Å². The highest BCUT2D eigenvalue weighted by molar-refractivity contribution is 5.87. The van der Waals surface area contributed by atoms with Crippen molar-refractivity contribution in [3.63, 3.8) is 0 Å². The van der Waals surface area contributed by atoms with Crippen molar-refractivity contribution < 1.29 is 24.3 Å². The predicted octanol–water partition coefficient (Wildman–Crippen LogP) is 2.82. The fourth-order valence-electron chi connectivity index (χ4n) is 2.20. The Morgan fingerprint density at radius 3 is 1.48 bits per heavy atom. The molecule has 5 nitrogen and oxygen atoms in total. The largest absolute Gasteiger partial charge is 0.550 e. The third-order valence-electron chi connectivity index (χ3n) is 3.48. The summed E-state index contributed by atoms with van der Waals surface area (Å²) in [6.45, 7) is 3.62. The fraction of sp³-hybridized carbons (Fsp3) is 0.889. The molecular formula is C18H37NO4. The third-order valence-corrected chi connectivity index (χ3v) is 3.48. The molecule has 0 aliphatic heterocycles. The van der Waals surface area contributed by atoms with Gasteiger partial charge in [-0.3, -0.25) is 4.79 Å². The second-order valence-electron chi connectivity index (χ2n) is 7.14. The number of carboxylic acids is 2. The molecule has 0 unspecified atom stereocenters. The Bertz CT molecular complexity index is 286. The second kappa shape index (κ2) is 15.8. The number of rotatable bonds is 13. The van der Waals surface area contributed by atoms with E-state index in [4.69, 9.17) is 5.11 Å². The van der Waals surface area contributed by atoms with Crippen LogP contribution in [-0.2, 0) is 9.59 Å². The van der Waals surface area contributed by atoms with Crippen LogP contribution in [0.4, 0.5) is 0 Å². The number of hydrogen-bond acceptors (Lipinski definition) is 3. The number of aliphatic carboxylic acids is 2. The maximum Gasteiger partial charge on any atom is 0.309 e. The van der Waals surface area contributed by atoms with Crippen LogP contribution in [0.3, 0.4) is 0 Å². The van der Waals surface area contributed by atoms with E-state index >= 15 is 0 Å². The number of unbranched alkanes of at least 4 members (excludes halogenated alkanes) is 9. The standard InChI is InChI=1S/C15H34N.C3H4O4/c1-5-6-7-8-9-10-11-12-13-14-15-16(2,3)4;4-2(5)1-3(6)7/h5-15H2,1-4H3;1H2,(H,4,5)(H,6,7)/q+1;/p-1. The first-order chi connectivity index (χ1) is 10.7. The summed E-state index contributed by atoms with van der Waals surface area (Å²) < 4.78 is 1.12. The maximum atomic E-state index is 9.39. The second-order valence-corrected chi connectivity index (χ2v) is 7.14.